The van der Waals surface area contributed by atoms with Crippen molar-refractivity contribution in [2.24, 2.45) is 0 Å². The van der Waals surface area contributed by atoms with Crippen LogP contribution in [0, 0.1) is 0 Å². The summed E-state index contributed by atoms with van der Waals surface area (Å²) in [5.74, 6) is -0.161. The van der Waals surface area contributed by atoms with Gasteiger partial charge >= 0.3 is 0 Å². The van der Waals surface area contributed by atoms with Crippen molar-refractivity contribution in [1.82, 2.24) is 20.0 Å². The lowest BCUT2D eigenvalue weighted by atomic mass is 10.0. The normalized spacial score (nSPS) is 15.5. The molecule has 0 saturated heterocycles. The second kappa shape index (κ2) is 9.50. The number of carbonyl (C=O) groups excluding carboxylic acids is 2. The fraction of sp³-hybridized carbons (Fsp3) is 0.476. The van der Waals surface area contributed by atoms with Crippen LogP contribution in [0.1, 0.15) is 44.2 Å². The summed E-state index contributed by atoms with van der Waals surface area (Å²) in [7, 11) is 1.92. The van der Waals surface area contributed by atoms with Gasteiger partial charge in [-0.15, -0.1) is 0 Å². The van der Waals surface area contributed by atoms with Gasteiger partial charge in [-0.25, -0.2) is 0 Å². The van der Waals surface area contributed by atoms with Crippen molar-refractivity contribution in [3.63, 3.8) is 0 Å². The predicted molar refractivity (Wildman–Crippen MR) is 109 cm³/mol. The average Bonchev–Trinajstić information content (AvgIpc) is 3.34. The molecule has 1 unspecified atom stereocenters. The third-order valence-corrected chi connectivity index (χ3v) is 5.23. The van der Waals surface area contributed by atoms with E-state index < -0.39 is 0 Å². The Morgan fingerprint density at radius 2 is 1.96 bits per heavy atom. The molecule has 2 amide bonds. The quantitative estimate of drug-likeness (QED) is 0.734. The van der Waals surface area contributed by atoms with Crippen molar-refractivity contribution in [2.75, 3.05) is 18.9 Å². The molecule has 0 radical (unpaired) electrons. The Balaban J connectivity index is 1.61. The van der Waals surface area contributed by atoms with Gasteiger partial charge in [0.25, 0.3) is 0 Å². The molecule has 0 spiro atoms. The molecular formula is C21H29N5O2. The second-order valence-electron chi connectivity index (χ2n) is 7.35. The standard InChI is InChI=1S/C21H29N5O2/c1-3-25(2)20(16-9-5-4-6-10-16)21(28)24-18-13-22-26(14-18)15-19(27)23-17-11-7-8-12-17/h4-6,9-10,13-14,17,20H,3,7-8,11-12,15H2,1-2H3,(H,23,27)(H,24,28). The molecule has 7 heteroatoms. The van der Waals surface area contributed by atoms with Gasteiger partial charge in [0.05, 0.1) is 11.9 Å². The molecule has 150 valence electrons. The highest BCUT2D eigenvalue weighted by Crippen LogP contribution is 2.21. The Morgan fingerprint density at radius 3 is 2.64 bits per heavy atom. The van der Waals surface area contributed by atoms with E-state index in [-0.39, 0.29) is 24.4 Å². The Morgan fingerprint density at radius 1 is 1.25 bits per heavy atom. The van der Waals surface area contributed by atoms with Gasteiger partial charge in [-0.05, 0) is 32.0 Å². The minimum Gasteiger partial charge on any atom is -0.352 e. The first-order valence-corrected chi connectivity index (χ1v) is 9.94. The van der Waals surface area contributed by atoms with Crippen molar-refractivity contribution >= 4 is 17.5 Å². The zero-order valence-electron chi connectivity index (χ0n) is 16.6. The maximum atomic E-state index is 12.9. The van der Waals surface area contributed by atoms with Crippen LogP contribution < -0.4 is 10.6 Å². The summed E-state index contributed by atoms with van der Waals surface area (Å²) in [6.07, 6.45) is 7.74. The summed E-state index contributed by atoms with van der Waals surface area (Å²) in [6.45, 7) is 2.92. The lowest BCUT2D eigenvalue weighted by Gasteiger charge is -2.26. The smallest absolute Gasteiger partial charge is 0.246 e. The molecule has 1 atom stereocenters. The highest BCUT2D eigenvalue weighted by atomic mass is 16.2. The number of nitrogens with one attached hydrogen (secondary N) is 2. The van der Waals surface area contributed by atoms with E-state index >= 15 is 0 Å². The monoisotopic (exact) mass is 383 g/mol. The number of likely N-dealkylation sites (N-methyl/N-ethyl adjacent to an activating group) is 1. The first-order chi connectivity index (χ1) is 13.6. The summed E-state index contributed by atoms with van der Waals surface area (Å²) >= 11 is 0. The largest absolute Gasteiger partial charge is 0.352 e. The van der Waals surface area contributed by atoms with Gasteiger partial charge in [0.2, 0.25) is 11.8 Å². The molecule has 1 aliphatic rings. The van der Waals surface area contributed by atoms with E-state index in [9.17, 15) is 9.59 Å². The van der Waals surface area contributed by atoms with Crippen molar-refractivity contribution in [2.45, 2.75) is 51.2 Å². The molecule has 2 N–H and O–H groups in total. The SMILES string of the molecule is CCN(C)C(C(=O)Nc1cnn(CC(=O)NC2CCCC2)c1)c1ccccc1. The summed E-state index contributed by atoms with van der Waals surface area (Å²) in [4.78, 5) is 27.1. The third-order valence-electron chi connectivity index (χ3n) is 5.23. The minimum absolute atomic E-state index is 0.0410. The number of hydrogen-bond acceptors (Lipinski definition) is 4. The second-order valence-corrected chi connectivity index (χ2v) is 7.35. The van der Waals surface area contributed by atoms with E-state index in [2.05, 4.69) is 15.7 Å². The van der Waals surface area contributed by atoms with Gasteiger partial charge in [-0.1, -0.05) is 50.1 Å². The molecule has 0 bridgehead atoms. The van der Waals surface area contributed by atoms with Crippen LogP contribution in [0.4, 0.5) is 5.69 Å². The lowest BCUT2D eigenvalue weighted by molar-refractivity contribution is -0.122. The number of rotatable bonds is 8. The van der Waals surface area contributed by atoms with Crippen molar-refractivity contribution in [3.8, 4) is 0 Å². The van der Waals surface area contributed by atoms with Crippen molar-refractivity contribution in [1.29, 1.82) is 0 Å². The van der Waals surface area contributed by atoms with E-state index in [0.717, 1.165) is 24.9 Å². The Hall–Kier alpha value is -2.67. The Bertz CT molecular complexity index is 783. The Kier molecular flexibility index (Phi) is 6.81. The Labute approximate surface area is 166 Å². The number of anilines is 1. The van der Waals surface area contributed by atoms with Gasteiger partial charge in [-0.3, -0.25) is 19.2 Å². The summed E-state index contributed by atoms with van der Waals surface area (Å²) in [6, 6.07) is 9.60. The lowest BCUT2D eigenvalue weighted by Crippen LogP contribution is -2.35. The zero-order chi connectivity index (χ0) is 19.9. The molecule has 3 rings (SSSR count). The van der Waals surface area contributed by atoms with Crippen molar-refractivity contribution < 1.29 is 9.59 Å². The first-order valence-electron chi connectivity index (χ1n) is 9.94. The number of benzene rings is 1. The maximum Gasteiger partial charge on any atom is 0.246 e. The number of aromatic nitrogens is 2. The summed E-state index contributed by atoms with van der Waals surface area (Å²) < 4.78 is 1.56. The van der Waals surface area contributed by atoms with E-state index in [1.807, 2.05) is 49.2 Å². The molecule has 1 aromatic heterocycles. The zero-order valence-corrected chi connectivity index (χ0v) is 16.6. The van der Waals surface area contributed by atoms with E-state index in [1.54, 1.807) is 17.1 Å². The van der Waals surface area contributed by atoms with E-state index in [0.29, 0.717) is 11.7 Å². The van der Waals surface area contributed by atoms with Crippen LogP contribution in [0.2, 0.25) is 0 Å². The molecule has 2 aromatic rings. The fourth-order valence-corrected chi connectivity index (χ4v) is 3.64. The molecule has 7 nitrogen and oxygen atoms in total. The number of amides is 2. The van der Waals surface area contributed by atoms with Crippen molar-refractivity contribution in [3.05, 3.63) is 48.3 Å². The highest BCUT2D eigenvalue weighted by molar-refractivity contribution is 5.95. The first kappa shape index (κ1) is 20.1. The van der Waals surface area contributed by atoms with Gasteiger partial charge in [0.1, 0.15) is 12.6 Å². The van der Waals surface area contributed by atoms with E-state index in [4.69, 9.17) is 0 Å². The minimum atomic E-state index is -0.389. The van der Waals surface area contributed by atoms with E-state index in [1.165, 1.54) is 12.8 Å². The number of hydrogen-bond donors (Lipinski definition) is 2. The average molecular weight is 383 g/mol. The molecule has 0 aliphatic heterocycles. The fourth-order valence-electron chi connectivity index (χ4n) is 3.64. The highest BCUT2D eigenvalue weighted by Gasteiger charge is 2.24. The van der Waals surface area contributed by atoms with Gasteiger partial charge in [-0.2, -0.15) is 5.10 Å². The summed E-state index contributed by atoms with van der Waals surface area (Å²) in [5, 5.41) is 10.2. The number of nitrogens with zero attached hydrogens (tertiary/aromatic N) is 3. The van der Waals surface area contributed by atoms with Crippen LogP contribution in [-0.4, -0.2) is 46.1 Å². The van der Waals surface area contributed by atoms with Crippen LogP contribution >= 0.6 is 0 Å². The predicted octanol–water partition coefficient (Wildman–Crippen LogP) is 2.57. The molecular weight excluding hydrogens is 354 g/mol. The van der Waals surface area contributed by atoms with Crippen LogP contribution in [-0.2, 0) is 16.1 Å². The van der Waals surface area contributed by atoms with Crippen LogP contribution in [0.25, 0.3) is 0 Å². The molecule has 1 heterocycles. The van der Waals surface area contributed by atoms with Crippen LogP contribution in [0.5, 0.6) is 0 Å². The molecule has 1 fully saturated rings. The molecule has 1 aliphatic carbocycles. The molecule has 1 aromatic carbocycles. The summed E-state index contributed by atoms with van der Waals surface area (Å²) in [5.41, 5.74) is 1.52. The van der Waals surface area contributed by atoms with Gasteiger partial charge in [0.15, 0.2) is 0 Å². The van der Waals surface area contributed by atoms with Crippen LogP contribution in [0.15, 0.2) is 42.7 Å². The third kappa shape index (κ3) is 5.19. The van der Waals surface area contributed by atoms with Gasteiger partial charge in [0, 0.05) is 12.2 Å². The maximum absolute atomic E-state index is 12.9. The molecule has 1 saturated carbocycles. The topological polar surface area (TPSA) is 79.3 Å². The van der Waals surface area contributed by atoms with Gasteiger partial charge < -0.3 is 10.6 Å². The molecule has 28 heavy (non-hydrogen) atoms. The number of carbonyl (C=O) groups is 2. The van der Waals surface area contributed by atoms with Crippen LogP contribution in [0.3, 0.4) is 0 Å².